The first-order valence-corrected chi connectivity index (χ1v) is 9.83. The molecule has 1 unspecified atom stereocenters. The van der Waals surface area contributed by atoms with E-state index < -0.39 is 23.4 Å². The minimum atomic E-state index is -1.83. The Hall–Kier alpha value is -1.93. The van der Waals surface area contributed by atoms with Gasteiger partial charge in [0.25, 0.3) is 5.54 Å². The number of esters is 2. The first kappa shape index (κ1) is 20.4. The molecule has 0 aromatic carbocycles. The molecule has 0 aliphatic carbocycles. The van der Waals surface area contributed by atoms with Crippen molar-refractivity contribution >= 4 is 29.2 Å². The zero-order chi connectivity index (χ0) is 19.2. The topological polar surface area (TPSA) is 86.1 Å². The third-order valence-electron chi connectivity index (χ3n) is 4.50. The first-order chi connectivity index (χ1) is 12.4. The number of hydrogen-bond acceptors (Lipinski definition) is 6. The van der Waals surface area contributed by atoms with E-state index in [9.17, 15) is 14.4 Å². The zero-order valence-corrected chi connectivity index (χ0v) is 16.3. The molecular weight excluding hydrogens is 356 g/mol. The van der Waals surface area contributed by atoms with Gasteiger partial charge in [-0.25, -0.2) is 9.59 Å². The molecule has 1 aliphatic rings. The largest absolute Gasteiger partial charge is 0.464 e. The summed E-state index contributed by atoms with van der Waals surface area (Å²) in [6.45, 7) is 5.75. The van der Waals surface area contributed by atoms with Gasteiger partial charge in [-0.3, -0.25) is 4.79 Å². The Labute approximate surface area is 157 Å². The highest BCUT2D eigenvalue weighted by atomic mass is 32.1. The van der Waals surface area contributed by atoms with E-state index in [-0.39, 0.29) is 25.8 Å². The SMILES string of the molecule is CCOC(=O)C(C[NH+]1CCC[C@@H]1c1cccs1)(NC(C)=O)C(=O)OCC. The van der Waals surface area contributed by atoms with Crippen LogP contribution >= 0.6 is 11.3 Å². The lowest BCUT2D eigenvalue weighted by atomic mass is 9.97. The molecule has 1 aliphatic heterocycles. The highest BCUT2D eigenvalue weighted by Gasteiger charge is 2.55. The number of thiophene rings is 1. The Kier molecular flexibility index (Phi) is 7.16. The molecule has 8 heteroatoms. The van der Waals surface area contributed by atoms with Gasteiger partial charge >= 0.3 is 11.9 Å². The molecule has 0 saturated carbocycles. The lowest BCUT2D eigenvalue weighted by molar-refractivity contribution is -0.919. The van der Waals surface area contributed by atoms with Crippen LogP contribution in [0.2, 0.25) is 0 Å². The number of nitrogens with one attached hydrogen (secondary N) is 2. The van der Waals surface area contributed by atoms with Crippen LogP contribution in [0.25, 0.3) is 0 Å². The van der Waals surface area contributed by atoms with Crippen LogP contribution < -0.4 is 10.2 Å². The van der Waals surface area contributed by atoms with Crippen LogP contribution in [0.3, 0.4) is 0 Å². The smallest absolute Gasteiger partial charge is 0.349 e. The number of rotatable bonds is 8. The summed E-state index contributed by atoms with van der Waals surface area (Å²) in [7, 11) is 0. The van der Waals surface area contributed by atoms with Crippen molar-refractivity contribution in [2.45, 2.75) is 45.2 Å². The molecule has 26 heavy (non-hydrogen) atoms. The number of amides is 1. The van der Waals surface area contributed by atoms with Gasteiger partial charge in [-0.05, 0) is 25.3 Å². The molecule has 2 N–H and O–H groups in total. The van der Waals surface area contributed by atoms with Gasteiger partial charge in [-0.15, -0.1) is 11.3 Å². The van der Waals surface area contributed by atoms with Crippen LogP contribution in [0.4, 0.5) is 0 Å². The molecule has 0 spiro atoms. The normalized spacial score (nSPS) is 19.8. The van der Waals surface area contributed by atoms with Gasteiger partial charge in [-0.2, -0.15) is 0 Å². The summed E-state index contributed by atoms with van der Waals surface area (Å²) >= 11 is 1.66. The maximum Gasteiger partial charge on any atom is 0.349 e. The van der Waals surface area contributed by atoms with Crippen molar-refractivity contribution in [2.75, 3.05) is 26.3 Å². The predicted octanol–water partition coefficient (Wildman–Crippen LogP) is 0.469. The highest BCUT2D eigenvalue weighted by molar-refractivity contribution is 7.10. The molecular formula is C18H27N2O5S+. The molecule has 1 amide bonds. The maximum atomic E-state index is 12.7. The summed E-state index contributed by atoms with van der Waals surface area (Å²) in [4.78, 5) is 39.6. The van der Waals surface area contributed by atoms with Crippen LogP contribution in [0.15, 0.2) is 17.5 Å². The van der Waals surface area contributed by atoms with E-state index in [1.54, 1.807) is 25.2 Å². The third-order valence-corrected chi connectivity index (χ3v) is 5.49. The lowest BCUT2D eigenvalue weighted by Crippen LogP contribution is -3.13. The molecule has 1 aromatic rings. The van der Waals surface area contributed by atoms with Crippen molar-refractivity contribution in [3.05, 3.63) is 22.4 Å². The molecule has 144 valence electrons. The van der Waals surface area contributed by atoms with Crippen molar-refractivity contribution in [1.82, 2.24) is 5.32 Å². The molecule has 0 bridgehead atoms. The van der Waals surface area contributed by atoms with Crippen LogP contribution in [0.1, 0.15) is 44.5 Å². The second kappa shape index (κ2) is 9.14. The predicted molar refractivity (Wildman–Crippen MR) is 96.8 cm³/mol. The second-order valence-corrected chi connectivity index (χ2v) is 7.30. The van der Waals surface area contributed by atoms with Gasteiger partial charge in [-0.1, -0.05) is 6.07 Å². The van der Waals surface area contributed by atoms with Gasteiger partial charge in [0.2, 0.25) is 5.91 Å². The summed E-state index contributed by atoms with van der Waals surface area (Å²) in [5.74, 6) is -2.01. The average Bonchev–Trinajstić information content (AvgIpc) is 3.24. The van der Waals surface area contributed by atoms with Crippen molar-refractivity contribution < 1.29 is 28.8 Å². The van der Waals surface area contributed by atoms with Crippen LogP contribution in [-0.2, 0) is 23.9 Å². The molecule has 1 fully saturated rings. The number of quaternary nitrogens is 1. The summed E-state index contributed by atoms with van der Waals surface area (Å²) < 4.78 is 10.3. The fourth-order valence-electron chi connectivity index (χ4n) is 3.48. The van der Waals surface area contributed by atoms with Crippen molar-refractivity contribution in [3.63, 3.8) is 0 Å². The minimum absolute atomic E-state index is 0.104. The summed E-state index contributed by atoms with van der Waals surface area (Å²) in [6.07, 6.45) is 1.96. The molecule has 2 atom stereocenters. The van der Waals surface area contributed by atoms with E-state index in [0.717, 1.165) is 24.3 Å². The van der Waals surface area contributed by atoms with E-state index in [1.807, 2.05) is 11.4 Å². The third kappa shape index (κ3) is 4.42. The summed E-state index contributed by atoms with van der Waals surface area (Å²) in [5, 5.41) is 4.57. The van der Waals surface area contributed by atoms with Crippen LogP contribution in [0, 0.1) is 0 Å². The van der Waals surface area contributed by atoms with Crippen LogP contribution in [-0.4, -0.2) is 49.7 Å². The van der Waals surface area contributed by atoms with Gasteiger partial charge in [0.15, 0.2) is 0 Å². The summed E-state index contributed by atoms with van der Waals surface area (Å²) in [6, 6.07) is 4.25. The average molecular weight is 383 g/mol. The number of hydrogen-bond donors (Lipinski definition) is 2. The minimum Gasteiger partial charge on any atom is -0.464 e. The van der Waals surface area contributed by atoms with E-state index in [0.29, 0.717) is 0 Å². The Morgan fingerprint density at radius 3 is 2.42 bits per heavy atom. The fourth-order valence-corrected chi connectivity index (χ4v) is 4.40. The molecule has 1 saturated heterocycles. The number of ether oxygens (including phenoxy) is 2. The van der Waals surface area contributed by atoms with E-state index >= 15 is 0 Å². The van der Waals surface area contributed by atoms with Gasteiger partial charge in [0.05, 0.1) is 24.6 Å². The van der Waals surface area contributed by atoms with E-state index in [2.05, 4.69) is 11.4 Å². The Bertz CT molecular complexity index is 614. The van der Waals surface area contributed by atoms with Gasteiger partial charge in [0.1, 0.15) is 12.6 Å². The standard InChI is InChI=1S/C18H26N2O5S/c1-4-24-16(22)18(19-13(3)21,17(23)25-5-2)12-20-10-6-8-14(20)15-9-7-11-26-15/h7,9,11,14H,4-6,8,10,12H2,1-3H3,(H,19,21)/p+1/t14-/m1/s1. The first-order valence-electron chi connectivity index (χ1n) is 8.95. The molecule has 1 aromatic heterocycles. The van der Waals surface area contributed by atoms with Gasteiger partial charge in [0, 0.05) is 19.8 Å². The van der Waals surface area contributed by atoms with Crippen LogP contribution in [0.5, 0.6) is 0 Å². The Morgan fingerprint density at radius 2 is 1.92 bits per heavy atom. The van der Waals surface area contributed by atoms with Crippen molar-refractivity contribution in [2.24, 2.45) is 0 Å². The monoisotopic (exact) mass is 383 g/mol. The quantitative estimate of drug-likeness (QED) is 0.503. The fraction of sp³-hybridized carbons (Fsp3) is 0.611. The van der Waals surface area contributed by atoms with Crippen molar-refractivity contribution in [3.8, 4) is 0 Å². The molecule has 7 nitrogen and oxygen atoms in total. The molecule has 2 rings (SSSR count). The van der Waals surface area contributed by atoms with Gasteiger partial charge < -0.3 is 19.7 Å². The summed E-state index contributed by atoms with van der Waals surface area (Å²) in [5.41, 5.74) is -1.83. The number of carbonyl (C=O) groups is 3. The Morgan fingerprint density at radius 1 is 1.27 bits per heavy atom. The Balaban J connectivity index is 2.36. The lowest BCUT2D eigenvalue weighted by Gasteiger charge is -2.33. The van der Waals surface area contributed by atoms with E-state index in [4.69, 9.17) is 9.47 Å². The van der Waals surface area contributed by atoms with E-state index in [1.165, 1.54) is 11.8 Å². The molecule has 0 radical (unpaired) electrons. The zero-order valence-electron chi connectivity index (χ0n) is 15.5. The number of likely N-dealkylation sites (tertiary alicyclic amines) is 1. The maximum absolute atomic E-state index is 12.7. The number of carbonyl (C=O) groups excluding carboxylic acids is 3. The highest BCUT2D eigenvalue weighted by Crippen LogP contribution is 2.24. The van der Waals surface area contributed by atoms with Crippen molar-refractivity contribution in [1.29, 1.82) is 0 Å². The second-order valence-electron chi connectivity index (χ2n) is 6.32. The molecule has 2 heterocycles.